The molecule has 104 valence electrons. The van der Waals surface area contributed by atoms with Gasteiger partial charge in [0.1, 0.15) is 0 Å². The Morgan fingerprint density at radius 2 is 2.47 bits per heavy atom. The summed E-state index contributed by atoms with van der Waals surface area (Å²) in [7, 11) is 0. The number of likely N-dealkylation sites (tertiary alicyclic amines) is 1. The highest BCUT2D eigenvalue weighted by atomic mass is 32.1. The van der Waals surface area contributed by atoms with Crippen molar-refractivity contribution in [2.75, 3.05) is 26.2 Å². The van der Waals surface area contributed by atoms with Crippen LogP contribution < -0.4 is 5.32 Å². The minimum atomic E-state index is 0.235. The normalized spacial score (nSPS) is 30.5. The van der Waals surface area contributed by atoms with Crippen molar-refractivity contribution in [3.63, 3.8) is 0 Å². The maximum atomic E-state index is 12.1. The van der Waals surface area contributed by atoms with E-state index in [-0.39, 0.29) is 11.8 Å². The molecule has 1 aliphatic carbocycles. The topological polar surface area (TPSA) is 32.3 Å². The first-order valence-corrected chi connectivity index (χ1v) is 8.24. The van der Waals surface area contributed by atoms with Gasteiger partial charge in [-0.15, -0.1) is 0 Å². The van der Waals surface area contributed by atoms with Gasteiger partial charge < -0.3 is 10.2 Å². The average Bonchev–Trinajstić information content (AvgIpc) is 2.88. The lowest BCUT2D eigenvalue weighted by atomic mass is 10.1. The van der Waals surface area contributed by atoms with Gasteiger partial charge in [-0.25, -0.2) is 0 Å². The third-order valence-corrected chi connectivity index (χ3v) is 5.18. The molecule has 3 nitrogen and oxygen atoms in total. The summed E-state index contributed by atoms with van der Waals surface area (Å²) in [4.78, 5) is 14.6. The lowest BCUT2D eigenvalue weighted by Crippen LogP contribution is -2.32. The van der Waals surface area contributed by atoms with Crippen molar-refractivity contribution in [1.82, 2.24) is 10.2 Å². The summed E-state index contributed by atoms with van der Waals surface area (Å²) < 4.78 is 0. The molecule has 1 saturated heterocycles. The first-order valence-electron chi connectivity index (χ1n) is 7.30. The lowest BCUT2D eigenvalue weighted by molar-refractivity contribution is -0.122. The van der Waals surface area contributed by atoms with Crippen LogP contribution in [0.25, 0.3) is 0 Å². The molecule has 2 heterocycles. The number of hydrogen-bond donors (Lipinski definition) is 1. The molecular formula is C15H22N2OS. The monoisotopic (exact) mass is 278 g/mol. The second-order valence-corrected chi connectivity index (χ2v) is 6.58. The second kappa shape index (κ2) is 5.63. The third kappa shape index (κ3) is 3.00. The van der Waals surface area contributed by atoms with Crippen LogP contribution in [0.4, 0.5) is 0 Å². The Hall–Kier alpha value is -0.870. The van der Waals surface area contributed by atoms with E-state index in [1.807, 2.05) is 0 Å². The van der Waals surface area contributed by atoms with Crippen LogP contribution >= 0.6 is 11.3 Å². The molecule has 4 heteroatoms. The Morgan fingerprint density at radius 1 is 1.58 bits per heavy atom. The number of rotatable bonds is 5. The van der Waals surface area contributed by atoms with Crippen LogP contribution in [-0.2, 0) is 4.79 Å². The third-order valence-electron chi connectivity index (χ3n) is 4.48. The molecule has 3 atom stereocenters. The number of thiophene rings is 1. The van der Waals surface area contributed by atoms with Gasteiger partial charge in [0, 0.05) is 19.0 Å². The number of amides is 1. The van der Waals surface area contributed by atoms with Gasteiger partial charge in [0.05, 0.1) is 0 Å². The molecule has 1 amide bonds. The SMILES string of the molecule is CCN1CCC(CNC(=O)[C@@H]2C[C@H]2c2ccsc2)C1. The molecule has 19 heavy (non-hydrogen) atoms. The minimum absolute atomic E-state index is 0.235. The van der Waals surface area contributed by atoms with Crippen molar-refractivity contribution in [2.24, 2.45) is 11.8 Å². The zero-order valence-electron chi connectivity index (χ0n) is 11.5. The van der Waals surface area contributed by atoms with Gasteiger partial charge in [0.25, 0.3) is 0 Å². The number of carbonyl (C=O) groups excluding carboxylic acids is 1. The van der Waals surface area contributed by atoms with E-state index in [2.05, 4.69) is 34.0 Å². The van der Waals surface area contributed by atoms with Crippen LogP contribution in [0.5, 0.6) is 0 Å². The van der Waals surface area contributed by atoms with Crippen molar-refractivity contribution >= 4 is 17.2 Å². The van der Waals surface area contributed by atoms with Crippen LogP contribution in [0.1, 0.15) is 31.2 Å². The number of nitrogens with one attached hydrogen (secondary N) is 1. The van der Waals surface area contributed by atoms with Crippen LogP contribution in [0.2, 0.25) is 0 Å². The van der Waals surface area contributed by atoms with Gasteiger partial charge >= 0.3 is 0 Å². The largest absolute Gasteiger partial charge is 0.356 e. The molecule has 1 saturated carbocycles. The highest BCUT2D eigenvalue weighted by Crippen LogP contribution is 2.48. The van der Waals surface area contributed by atoms with Gasteiger partial charge in [-0.1, -0.05) is 6.92 Å². The summed E-state index contributed by atoms with van der Waals surface area (Å²) in [6.45, 7) is 6.54. The molecule has 3 rings (SSSR count). The fraction of sp³-hybridized carbons (Fsp3) is 0.667. The summed E-state index contributed by atoms with van der Waals surface area (Å²) in [6.07, 6.45) is 2.26. The molecule has 2 fully saturated rings. The van der Waals surface area contributed by atoms with E-state index in [1.165, 1.54) is 18.5 Å². The quantitative estimate of drug-likeness (QED) is 0.896. The Kier molecular flexibility index (Phi) is 3.89. The Balaban J connectivity index is 1.41. The van der Waals surface area contributed by atoms with Gasteiger partial charge in [-0.05, 0) is 60.2 Å². The first-order chi connectivity index (χ1) is 9.28. The van der Waals surface area contributed by atoms with Crippen molar-refractivity contribution in [1.29, 1.82) is 0 Å². The molecule has 0 bridgehead atoms. The molecule has 0 aromatic carbocycles. The predicted molar refractivity (Wildman–Crippen MR) is 78.4 cm³/mol. The van der Waals surface area contributed by atoms with E-state index in [1.54, 1.807) is 11.3 Å². The molecule has 0 radical (unpaired) electrons. The van der Waals surface area contributed by atoms with E-state index in [0.717, 1.165) is 26.1 Å². The van der Waals surface area contributed by atoms with Crippen LogP contribution in [-0.4, -0.2) is 37.0 Å². The number of hydrogen-bond acceptors (Lipinski definition) is 3. The summed E-state index contributed by atoms with van der Waals surface area (Å²) in [5, 5.41) is 7.43. The highest BCUT2D eigenvalue weighted by Gasteiger charge is 2.44. The van der Waals surface area contributed by atoms with Crippen molar-refractivity contribution in [3.05, 3.63) is 22.4 Å². The van der Waals surface area contributed by atoms with Crippen molar-refractivity contribution in [2.45, 2.75) is 25.7 Å². The fourth-order valence-corrected chi connectivity index (χ4v) is 3.81. The molecule has 1 unspecified atom stereocenters. The molecule has 1 aromatic rings. The van der Waals surface area contributed by atoms with Crippen molar-refractivity contribution in [3.8, 4) is 0 Å². The predicted octanol–water partition coefficient (Wildman–Crippen LogP) is 2.31. The Morgan fingerprint density at radius 3 is 3.16 bits per heavy atom. The Labute approximate surface area is 119 Å². The van der Waals surface area contributed by atoms with Gasteiger partial charge in [-0.2, -0.15) is 11.3 Å². The molecule has 1 aromatic heterocycles. The Bertz CT molecular complexity index is 431. The first kappa shape index (κ1) is 13.1. The molecule has 2 aliphatic rings. The van der Waals surface area contributed by atoms with E-state index in [0.29, 0.717) is 11.8 Å². The second-order valence-electron chi connectivity index (χ2n) is 5.80. The lowest BCUT2D eigenvalue weighted by Gasteiger charge is -2.13. The summed E-state index contributed by atoms with van der Waals surface area (Å²) >= 11 is 1.72. The smallest absolute Gasteiger partial charge is 0.223 e. The van der Waals surface area contributed by atoms with Crippen molar-refractivity contribution < 1.29 is 4.79 Å². The van der Waals surface area contributed by atoms with Crippen LogP contribution in [0, 0.1) is 11.8 Å². The molecular weight excluding hydrogens is 256 g/mol. The molecule has 1 aliphatic heterocycles. The highest BCUT2D eigenvalue weighted by molar-refractivity contribution is 7.08. The van der Waals surface area contributed by atoms with E-state index >= 15 is 0 Å². The van der Waals surface area contributed by atoms with E-state index < -0.39 is 0 Å². The summed E-state index contributed by atoms with van der Waals surface area (Å²) in [5.74, 6) is 1.65. The van der Waals surface area contributed by atoms with Crippen LogP contribution in [0.3, 0.4) is 0 Å². The summed E-state index contributed by atoms with van der Waals surface area (Å²) in [6, 6.07) is 2.15. The van der Waals surface area contributed by atoms with Gasteiger partial charge in [-0.3, -0.25) is 4.79 Å². The standard InChI is InChI=1S/C15H22N2OS/c1-2-17-5-3-11(9-17)8-16-15(18)14-7-13(14)12-4-6-19-10-12/h4,6,10-11,13-14H,2-3,5,7-9H2,1H3,(H,16,18)/t11?,13-,14+/m0/s1. The number of nitrogens with zero attached hydrogens (tertiary/aromatic N) is 1. The maximum absolute atomic E-state index is 12.1. The number of carbonyl (C=O) groups is 1. The molecule has 1 N–H and O–H groups in total. The van der Waals surface area contributed by atoms with Crippen LogP contribution in [0.15, 0.2) is 16.8 Å². The zero-order valence-corrected chi connectivity index (χ0v) is 12.3. The van der Waals surface area contributed by atoms with E-state index in [4.69, 9.17) is 0 Å². The summed E-state index contributed by atoms with van der Waals surface area (Å²) in [5.41, 5.74) is 1.35. The van der Waals surface area contributed by atoms with E-state index in [9.17, 15) is 4.79 Å². The van der Waals surface area contributed by atoms with Gasteiger partial charge in [0.15, 0.2) is 0 Å². The fourth-order valence-electron chi connectivity index (χ4n) is 3.08. The average molecular weight is 278 g/mol. The zero-order chi connectivity index (χ0) is 13.2. The minimum Gasteiger partial charge on any atom is -0.356 e. The maximum Gasteiger partial charge on any atom is 0.223 e. The van der Waals surface area contributed by atoms with Gasteiger partial charge in [0.2, 0.25) is 5.91 Å². The molecule has 0 spiro atoms.